The van der Waals surface area contributed by atoms with E-state index in [0.717, 1.165) is 12.3 Å². The maximum absolute atomic E-state index is 11.7. The van der Waals surface area contributed by atoms with Gasteiger partial charge in [0, 0.05) is 18.8 Å². The summed E-state index contributed by atoms with van der Waals surface area (Å²) in [5, 5.41) is 0. The van der Waals surface area contributed by atoms with Crippen molar-refractivity contribution in [2.45, 2.75) is 57.8 Å². The van der Waals surface area contributed by atoms with Crippen LogP contribution >= 0.6 is 0 Å². The highest BCUT2D eigenvalue weighted by Gasteiger charge is 2.13. The third kappa shape index (κ3) is 4.03. The molecule has 1 aliphatic rings. The van der Waals surface area contributed by atoms with E-state index in [4.69, 9.17) is 0 Å². The van der Waals surface area contributed by atoms with Gasteiger partial charge >= 0.3 is 0 Å². The molecule has 17 heavy (non-hydrogen) atoms. The van der Waals surface area contributed by atoms with Crippen molar-refractivity contribution >= 4 is 5.91 Å². The number of unbranched alkanes of at least 4 members (excludes halogenated alkanes) is 1. The Labute approximate surface area is 104 Å². The van der Waals surface area contributed by atoms with E-state index in [1.807, 2.05) is 24.5 Å². The van der Waals surface area contributed by atoms with Crippen molar-refractivity contribution in [2.75, 3.05) is 0 Å². The number of hydrogen-bond donors (Lipinski definition) is 0. The Morgan fingerprint density at radius 1 is 1.06 bits per heavy atom. The molecule has 0 aliphatic heterocycles. The van der Waals surface area contributed by atoms with Crippen molar-refractivity contribution in [2.24, 2.45) is 5.92 Å². The molecule has 1 aliphatic carbocycles. The second kappa shape index (κ2) is 6.63. The molecule has 2 nitrogen and oxygen atoms in total. The standard InChI is InChI=1S/C15H23NO/c17-15(16-12-6-7-13-16)11-5-4-10-14-8-2-1-3-9-14/h6-7,12-14H,1-5,8-11H2. The van der Waals surface area contributed by atoms with Crippen LogP contribution in [0.5, 0.6) is 0 Å². The van der Waals surface area contributed by atoms with E-state index in [1.54, 1.807) is 4.57 Å². The number of nitrogens with zero attached hydrogens (tertiary/aromatic N) is 1. The Morgan fingerprint density at radius 3 is 2.47 bits per heavy atom. The summed E-state index contributed by atoms with van der Waals surface area (Å²) in [6, 6.07) is 3.81. The number of carbonyl (C=O) groups is 1. The normalized spacial score (nSPS) is 17.2. The number of aromatic nitrogens is 1. The molecule has 2 heteroatoms. The topological polar surface area (TPSA) is 22.0 Å². The summed E-state index contributed by atoms with van der Waals surface area (Å²) in [5.41, 5.74) is 0. The molecular formula is C15H23NO. The van der Waals surface area contributed by atoms with Crippen LogP contribution in [0.2, 0.25) is 0 Å². The van der Waals surface area contributed by atoms with Gasteiger partial charge in [-0.1, -0.05) is 44.9 Å². The predicted octanol–water partition coefficient (Wildman–Crippen LogP) is 4.27. The predicted molar refractivity (Wildman–Crippen MR) is 70.1 cm³/mol. The minimum Gasteiger partial charge on any atom is -0.295 e. The zero-order valence-corrected chi connectivity index (χ0v) is 10.6. The molecule has 1 aromatic heterocycles. The van der Waals surface area contributed by atoms with Crippen LogP contribution in [-0.2, 0) is 0 Å². The smallest absolute Gasteiger partial charge is 0.230 e. The lowest BCUT2D eigenvalue weighted by Crippen LogP contribution is -2.09. The fraction of sp³-hybridized carbons (Fsp3) is 0.667. The monoisotopic (exact) mass is 233 g/mol. The summed E-state index contributed by atoms with van der Waals surface area (Å²) in [4.78, 5) is 11.7. The molecule has 0 aromatic carbocycles. The average molecular weight is 233 g/mol. The molecule has 0 bridgehead atoms. The largest absolute Gasteiger partial charge is 0.295 e. The summed E-state index contributed by atoms with van der Waals surface area (Å²) >= 11 is 0. The van der Waals surface area contributed by atoms with Crippen LogP contribution in [0.15, 0.2) is 24.5 Å². The highest BCUT2D eigenvalue weighted by atomic mass is 16.1. The van der Waals surface area contributed by atoms with Crippen LogP contribution in [0.4, 0.5) is 0 Å². The molecule has 0 unspecified atom stereocenters. The minimum absolute atomic E-state index is 0.235. The van der Waals surface area contributed by atoms with E-state index in [2.05, 4.69) is 0 Å². The third-order valence-corrected chi connectivity index (χ3v) is 3.87. The fourth-order valence-corrected chi connectivity index (χ4v) is 2.81. The van der Waals surface area contributed by atoms with Gasteiger partial charge in [-0.25, -0.2) is 0 Å². The summed E-state index contributed by atoms with van der Waals surface area (Å²) < 4.78 is 1.70. The molecule has 1 fully saturated rings. The maximum atomic E-state index is 11.7. The van der Waals surface area contributed by atoms with E-state index >= 15 is 0 Å². The first-order valence-corrected chi connectivity index (χ1v) is 7.02. The Balaban J connectivity index is 1.58. The minimum atomic E-state index is 0.235. The fourth-order valence-electron chi connectivity index (χ4n) is 2.81. The molecule has 2 rings (SSSR count). The van der Waals surface area contributed by atoms with Gasteiger partial charge in [0.2, 0.25) is 5.91 Å². The Hall–Kier alpha value is -1.05. The molecule has 0 radical (unpaired) electrons. The van der Waals surface area contributed by atoms with E-state index in [0.29, 0.717) is 6.42 Å². The van der Waals surface area contributed by atoms with Crippen molar-refractivity contribution in [3.05, 3.63) is 24.5 Å². The van der Waals surface area contributed by atoms with Crippen molar-refractivity contribution in [3.8, 4) is 0 Å². The van der Waals surface area contributed by atoms with E-state index in [-0.39, 0.29) is 5.91 Å². The van der Waals surface area contributed by atoms with Gasteiger partial charge < -0.3 is 0 Å². The SMILES string of the molecule is O=C(CCCCC1CCCCC1)n1cccc1. The van der Waals surface area contributed by atoms with E-state index in [1.165, 1.54) is 44.9 Å². The van der Waals surface area contributed by atoms with Gasteiger partial charge in [0.05, 0.1) is 0 Å². The second-order valence-corrected chi connectivity index (χ2v) is 5.23. The summed E-state index contributed by atoms with van der Waals surface area (Å²) in [7, 11) is 0. The van der Waals surface area contributed by atoms with Crippen LogP contribution in [0.3, 0.4) is 0 Å². The highest BCUT2D eigenvalue weighted by Crippen LogP contribution is 2.27. The van der Waals surface area contributed by atoms with Gasteiger partial charge in [-0.05, 0) is 24.5 Å². The average Bonchev–Trinajstić information content (AvgIpc) is 2.89. The van der Waals surface area contributed by atoms with Crippen LogP contribution < -0.4 is 0 Å². The second-order valence-electron chi connectivity index (χ2n) is 5.23. The zero-order valence-electron chi connectivity index (χ0n) is 10.6. The molecule has 0 amide bonds. The van der Waals surface area contributed by atoms with Gasteiger partial charge in [0.1, 0.15) is 0 Å². The first kappa shape index (κ1) is 12.4. The first-order valence-electron chi connectivity index (χ1n) is 7.02. The van der Waals surface area contributed by atoms with Crippen molar-refractivity contribution < 1.29 is 4.79 Å². The summed E-state index contributed by atoms with van der Waals surface area (Å²) in [5.74, 6) is 1.18. The number of hydrogen-bond acceptors (Lipinski definition) is 1. The molecule has 0 spiro atoms. The van der Waals surface area contributed by atoms with Crippen LogP contribution in [0.1, 0.15) is 62.6 Å². The lowest BCUT2D eigenvalue weighted by atomic mass is 9.85. The molecule has 94 valence electrons. The van der Waals surface area contributed by atoms with Crippen molar-refractivity contribution in [1.29, 1.82) is 0 Å². The quantitative estimate of drug-likeness (QED) is 0.696. The van der Waals surface area contributed by atoms with E-state index in [9.17, 15) is 4.79 Å². The van der Waals surface area contributed by atoms with Crippen LogP contribution in [0, 0.1) is 5.92 Å². The van der Waals surface area contributed by atoms with Crippen molar-refractivity contribution in [3.63, 3.8) is 0 Å². The Kier molecular flexibility index (Phi) is 4.84. The molecular weight excluding hydrogens is 210 g/mol. The van der Waals surface area contributed by atoms with Gasteiger partial charge in [-0.2, -0.15) is 0 Å². The molecule has 1 heterocycles. The number of carbonyl (C=O) groups excluding carboxylic acids is 1. The lowest BCUT2D eigenvalue weighted by molar-refractivity contribution is 0.0898. The van der Waals surface area contributed by atoms with Crippen LogP contribution in [-0.4, -0.2) is 10.5 Å². The third-order valence-electron chi connectivity index (χ3n) is 3.87. The van der Waals surface area contributed by atoms with Gasteiger partial charge in [0.15, 0.2) is 0 Å². The number of rotatable bonds is 5. The molecule has 0 saturated heterocycles. The van der Waals surface area contributed by atoms with Crippen molar-refractivity contribution in [1.82, 2.24) is 4.57 Å². The van der Waals surface area contributed by atoms with Gasteiger partial charge in [0.25, 0.3) is 0 Å². The lowest BCUT2D eigenvalue weighted by Gasteiger charge is -2.21. The summed E-state index contributed by atoms with van der Waals surface area (Å²) in [6.07, 6.45) is 15.1. The van der Waals surface area contributed by atoms with Crippen LogP contribution in [0.25, 0.3) is 0 Å². The molecule has 1 saturated carbocycles. The van der Waals surface area contributed by atoms with E-state index < -0.39 is 0 Å². The van der Waals surface area contributed by atoms with Gasteiger partial charge in [-0.3, -0.25) is 9.36 Å². The van der Waals surface area contributed by atoms with Gasteiger partial charge in [-0.15, -0.1) is 0 Å². The molecule has 0 N–H and O–H groups in total. The summed E-state index contributed by atoms with van der Waals surface area (Å²) in [6.45, 7) is 0. The Morgan fingerprint density at radius 2 is 1.76 bits per heavy atom. The highest BCUT2D eigenvalue weighted by molar-refractivity contribution is 5.78. The molecule has 0 atom stereocenters. The zero-order chi connectivity index (χ0) is 11.9. The molecule has 1 aromatic rings. The Bertz CT molecular complexity index is 323. The first-order chi connectivity index (χ1) is 8.36. The maximum Gasteiger partial charge on any atom is 0.230 e.